The lowest BCUT2D eigenvalue weighted by Gasteiger charge is -2.13. The Labute approximate surface area is 167 Å². The van der Waals surface area contributed by atoms with Crippen molar-refractivity contribution in [3.05, 3.63) is 54.0 Å². The number of hydrogen-bond donors (Lipinski definition) is 3. The van der Waals surface area contributed by atoms with Crippen molar-refractivity contribution >= 4 is 27.9 Å². The van der Waals surface area contributed by atoms with Crippen molar-refractivity contribution in [2.45, 2.75) is 31.4 Å². The molecule has 156 valence electrons. The third kappa shape index (κ3) is 6.43. The van der Waals surface area contributed by atoms with Gasteiger partial charge in [0, 0.05) is 6.54 Å². The smallest absolute Gasteiger partial charge is 0.338 e. The molecule has 1 aromatic heterocycles. The summed E-state index contributed by atoms with van der Waals surface area (Å²) in [6, 6.07) is 7.57. The summed E-state index contributed by atoms with van der Waals surface area (Å²) in [5.41, 5.74) is 0.0487. The van der Waals surface area contributed by atoms with Gasteiger partial charge in [-0.1, -0.05) is 0 Å². The van der Waals surface area contributed by atoms with Crippen LogP contribution in [0.15, 0.2) is 52.0 Å². The minimum Gasteiger partial charge on any atom is -0.468 e. The summed E-state index contributed by atoms with van der Waals surface area (Å²) in [7, 11) is -3.80. The lowest BCUT2D eigenvalue weighted by atomic mass is 10.2. The van der Waals surface area contributed by atoms with E-state index in [2.05, 4.69) is 10.0 Å². The molecular formula is C18H21N3O7S. The van der Waals surface area contributed by atoms with Crippen molar-refractivity contribution in [3.8, 4) is 0 Å². The van der Waals surface area contributed by atoms with E-state index in [1.807, 2.05) is 5.32 Å². The summed E-state index contributed by atoms with van der Waals surface area (Å²) >= 11 is 0. The van der Waals surface area contributed by atoms with Crippen LogP contribution < -0.4 is 15.4 Å². The Bertz CT molecular complexity index is 954. The van der Waals surface area contributed by atoms with E-state index >= 15 is 0 Å². The van der Waals surface area contributed by atoms with Crippen LogP contribution >= 0.6 is 0 Å². The summed E-state index contributed by atoms with van der Waals surface area (Å²) in [6.45, 7) is 3.31. The summed E-state index contributed by atoms with van der Waals surface area (Å²) in [6.07, 6.45) is 0.213. The van der Waals surface area contributed by atoms with Crippen molar-refractivity contribution in [1.82, 2.24) is 15.4 Å². The van der Waals surface area contributed by atoms with Crippen LogP contribution in [0.2, 0.25) is 0 Å². The highest BCUT2D eigenvalue weighted by molar-refractivity contribution is 7.89. The maximum absolute atomic E-state index is 12.3. The number of esters is 1. The molecule has 0 aliphatic heterocycles. The van der Waals surface area contributed by atoms with E-state index in [4.69, 9.17) is 9.15 Å². The molecule has 1 atom stereocenters. The number of rotatable bonds is 8. The first-order valence-electron chi connectivity index (χ1n) is 8.64. The number of furan rings is 1. The quantitative estimate of drug-likeness (QED) is 0.540. The number of hydrogen-bond acceptors (Lipinski definition) is 7. The van der Waals surface area contributed by atoms with Gasteiger partial charge in [0.25, 0.3) is 5.91 Å². The Hall–Kier alpha value is -3.18. The highest BCUT2D eigenvalue weighted by Gasteiger charge is 2.21. The Morgan fingerprint density at radius 3 is 2.41 bits per heavy atom. The van der Waals surface area contributed by atoms with Crippen molar-refractivity contribution in [2.75, 3.05) is 6.54 Å². The number of carbonyl (C=O) groups is 3. The zero-order chi connectivity index (χ0) is 21.4. The van der Waals surface area contributed by atoms with Gasteiger partial charge in [-0.2, -0.15) is 0 Å². The molecule has 0 bridgehead atoms. The van der Waals surface area contributed by atoms with E-state index in [0.29, 0.717) is 12.3 Å². The van der Waals surface area contributed by atoms with E-state index < -0.39 is 34.0 Å². The number of nitrogens with one attached hydrogen (secondary N) is 3. The Balaban J connectivity index is 1.95. The van der Waals surface area contributed by atoms with Crippen LogP contribution in [-0.4, -0.2) is 39.0 Å². The molecule has 3 N–H and O–H groups in total. The topological polar surface area (TPSA) is 144 Å². The molecule has 0 saturated heterocycles. The van der Waals surface area contributed by atoms with Gasteiger partial charge in [-0.05, 0) is 50.2 Å². The number of ether oxygens (including phenoxy) is 1. The zero-order valence-electron chi connectivity index (χ0n) is 15.8. The lowest BCUT2D eigenvalue weighted by molar-refractivity contribution is -0.127. The van der Waals surface area contributed by atoms with Crippen LogP contribution in [-0.2, 0) is 26.1 Å². The minimum absolute atomic E-state index is 0.0165. The summed E-state index contributed by atoms with van der Waals surface area (Å²) in [4.78, 5) is 35.2. The predicted molar refractivity (Wildman–Crippen MR) is 101 cm³/mol. The van der Waals surface area contributed by atoms with Crippen molar-refractivity contribution in [2.24, 2.45) is 0 Å². The van der Waals surface area contributed by atoms with E-state index in [9.17, 15) is 22.8 Å². The first-order valence-corrected chi connectivity index (χ1v) is 10.1. The second-order valence-electron chi connectivity index (χ2n) is 5.82. The maximum atomic E-state index is 12.3. The summed E-state index contributed by atoms with van der Waals surface area (Å²) in [5, 5.41) is 4.41. The molecule has 0 fully saturated rings. The zero-order valence-corrected chi connectivity index (χ0v) is 16.6. The Morgan fingerprint density at radius 1 is 1.14 bits per heavy atom. The van der Waals surface area contributed by atoms with Crippen molar-refractivity contribution < 1.29 is 32.0 Å². The summed E-state index contributed by atoms with van der Waals surface area (Å²) < 4.78 is 37.0. The average Bonchev–Trinajstić information content (AvgIpc) is 3.20. The van der Waals surface area contributed by atoms with Gasteiger partial charge in [-0.25, -0.2) is 22.7 Å². The molecule has 1 heterocycles. The fraction of sp³-hybridized carbons (Fsp3) is 0.278. The molecule has 0 radical (unpaired) electrons. The Kier molecular flexibility index (Phi) is 7.51. The number of carbonyl (C=O) groups excluding carboxylic acids is 3. The molecule has 29 heavy (non-hydrogen) atoms. The fourth-order valence-electron chi connectivity index (χ4n) is 2.13. The lowest BCUT2D eigenvalue weighted by Crippen LogP contribution is -2.44. The van der Waals surface area contributed by atoms with Gasteiger partial charge in [0.1, 0.15) is 5.76 Å². The molecule has 0 aliphatic rings. The van der Waals surface area contributed by atoms with Crippen LogP contribution in [0.3, 0.4) is 0 Å². The molecule has 0 saturated carbocycles. The van der Waals surface area contributed by atoms with Crippen LogP contribution in [0.25, 0.3) is 0 Å². The minimum atomic E-state index is -3.80. The first-order chi connectivity index (χ1) is 13.7. The highest BCUT2D eigenvalue weighted by atomic mass is 32.2. The number of urea groups is 1. The number of imide groups is 1. The molecular weight excluding hydrogens is 402 g/mol. The van der Waals surface area contributed by atoms with Crippen molar-refractivity contribution in [3.63, 3.8) is 0 Å². The molecule has 10 nitrogen and oxygen atoms in total. The number of amides is 3. The molecule has 3 amide bonds. The monoisotopic (exact) mass is 423 g/mol. The molecule has 0 aliphatic carbocycles. The number of benzene rings is 1. The Morgan fingerprint density at radius 2 is 1.83 bits per heavy atom. The third-order valence-corrected chi connectivity index (χ3v) is 5.06. The predicted octanol–water partition coefficient (Wildman–Crippen LogP) is 1.15. The molecule has 1 aromatic carbocycles. The van der Waals surface area contributed by atoms with Gasteiger partial charge < -0.3 is 14.5 Å². The van der Waals surface area contributed by atoms with Crippen LogP contribution in [0, 0.1) is 0 Å². The summed E-state index contributed by atoms with van der Waals surface area (Å²) in [5.74, 6) is -1.17. The van der Waals surface area contributed by atoms with Gasteiger partial charge in [-0.15, -0.1) is 0 Å². The maximum Gasteiger partial charge on any atom is 0.338 e. The third-order valence-electron chi connectivity index (χ3n) is 3.64. The van der Waals surface area contributed by atoms with Gasteiger partial charge in [0.05, 0.1) is 23.3 Å². The van der Waals surface area contributed by atoms with E-state index in [1.165, 1.54) is 37.5 Å². The first kappa shape index (κ1) is 22.1. The van der Waals surface area contributed by atoms with E-state index in [0.717, 1.165) is 0 Å². The SMILES string of the molecule is CCNC(=O)NC(=O)[C@@H](C)OC(=O)c1ccc(S(=O)(=O)NCc2ccco2)cc1. The molecule has 0 unspecified atom stereocenters. The molecule has 2 rings (SSSR count). The van der Waals surface area contributed by atoms with Crippen LogP contribution in [0.5, 0.6) is 0 Å². The van der Waals surface area contributed by atoms with Gasteiger partial charge >= 0.3 is 12.0 Å². The second kappa shape index (κ2) is 9.85. The average molecular weight is 423 g/mol. The van der Waals surface area contributed by atoms with Crippen molar-refractivity contribution in [1.29, 1.82) is 0 Å². The van der Waals surface area contributed by atoms with Crippen LogP contribution in [0.4, 0.5) is 4.79 Å². The van der Waals surface area contributed by atoms with Gasteiger partial charge in [-0.3, -0.25) is 10.1 Å². The van der Waals surface area contributed by atoms with Crippen LogP contribution in [0.1, 0.15) is 30.0 Å². The van der Waals surface area contributed by atoms with Gasteiger partial charge in [0.15, 0.2) is 6.10 Å². The van der Waals surface area contributed by atoms with Gasteiger partial charge in [0.2, 0.25) is 10.0 Å². The highest BCUT2D eigenvalue weighted by Crippen LogP contribution is 2.13. The second-order valence-corrected chi connectivity index (χ2v) is 7.59. The molecule has 0 spiro atoms. The largest absolute Gasteiger partial charge is 0.468 e. The number of sulfonamides is 1. The molecule has 11 heteroatoms. The standard InChI is InChI=1S/C18H21N3O7S/c1-3-19-18(24)21-16(22)12(2)28-17(23)13-6-8-15(9-7-13)29(25,26)20-11-14-5-4-10-27-14/h4-10,12,20H,3,11H2,1-2H3,(H2,19,21,22,24)/t12-/m1/s1. The normalized spacial score (nSPS) is 12.1. The van der Waals surface area contributed by atoms with E-state index in [1.54, 1.807) is 19.1 Å². The van der Waals surface area contributed by atoms with E-state index in [-0.39, 0.29) is 17.0 Å². The fourth-order valence-corrected chi connectivity index (χ4v) is 3.13. The molecule has 2 aromatic rings.